The van der Waals surface area contributed by atoms with E-state index < -0.39 is 38.3 Å². The van der Waals surface area contributed by atoms with E-state index in [2.05, 4.69) is 74.6 Å². The maximum absolute atomic E-state index is 13.7. The third-order valence-electron chi connectivity index (χ3n) is 12.2. The van der Waals surface area contributed by atoms with Gasteiger partial charge in [-0.1, -0.05) is 100 Å². The summed E-state index contributed by atoms with van der Waals surface area (Å²) in [6.45, 7) is 14.9. The number of carbonyl (C=O) groups excluding carboxylic acids is 2. The highest BCUT2D eigenvalue weighted by Gasteiger charge is 2.45. The van der Waals surface area contributed by atoms with Crippen molar-refractivity contribution in [2.45, 2.75) is 126 Å². The second kappa shape index (κ2) is 26.8. The number of nitrogens with one attached hydrogen (secondary N) is 1. The van der Waals surface area contributed by atoms with Crippen LogP contribution in [0.25, 0.3) is 0 Å². The zero-order valence-electron chi connectivity index (χ0n) is 42.9. The molecule has 0 radical (unpaired) electrons. The van der Waals surface area contributed by atoms with Crippen molar-refractivity contribution in [2.75, 3.05) is 34.0 Å². The zero-order chi connectivity index (χ0) is 51.8. The Morgan fingerprint density at radius 2 is 1.51 bits per heavy atom. The summed E-state index contributed by atoms with van der Waals surface area (Å²) in [6.07, 6.45) is 6.94. The lowest BCUT2D eigenvalue weighted by atomic mass is 9.80. The predicted molar refractivity (Wildman–Crippen MR) is 288 cm³/mol. The Morgan fingerprint density at radius 1 is 0.903 bits per heavy atom. The van der Waals surface area contributed by atoms with Crippen LogP contribution in [-0.4, -0.2) is 88.9 Å². The molecule has 4 unspecified atom stereocenters. The summed E-state index contributed by atoms with van der Waals surface area (Å²) in [4.78, 5) is 43.4. The number of ether oxygens (including phenoxy) is 4. The molecule has 4 aromatic carbocycles. The van der Waals surface area contributed by atoms with Gasteiger partial charge < -0.3 is 33.3 Å². The highest BCUT2D eigenvalue weighted by molar-refractivity contribution is 8.77. The molecule has 0 spiro atoms. The van der Waals surface area contributed by atoms with E-state index in [0.717, 1.165) is 27.1 Å². The average Bonchev–Trinajstić information content (AvgIpc) is 3.76. The Kier molecular flexibility index (Phi) is 20.9. The summed E-state index contributed by atoms with van der Waals surface area (Å²) in [5.41, 5.74) is 2.44. The number of Topliss-reactive ketones (excluding diaryl/α,β-unsaturated/α-hetero) is 1. The summed E-state index contributed by atoms with van der Waals surface area (Å²) in [5.74, 6) is 3.72. The molecule has 1 saturated heterocycles. The van der Waals surface area contributed by atoms with Gasteiger partial charge in [0.05, 0.1) is 45.8 Å². The number of aromatic nitrogens is 2. The van der Waals surface area contributed by atoms with Crippen molar-refractivity contribution in [2.24, 2.45) is 0 Å². The molecule has 6 rings (SSSR count). The molecule has 1 amide bonds. The third-order valence-corrected chi connectivity index (χ3v) is 17.8. The molecular formula is C56H69N4O9PS2. The van der Waals surface area contributed by atoms with Gasteiger partial charge in [-0.05, 0) is 120 Å². The molecule has 4 atom stereocenters. The van der Waals surface area contributed by atoms with Gasteiger partial charge >= 0.3 is 5.69 Å². The molecule has 16 heteroatoms. The highest BCUT2D eigenvalue weighted by atomic mass is 33.1. The topological polar surface area (TPSA) is 140 Å². The summed E-state index contributed by atoms with van der Waals surface area (Å²) in [6, 6.07) is 35.9. The first-order chi connectivity index (χ1) is 34.6. The van der Waals surface area contributed by atoms with Crippen LogP contribution in [-0.2, 0) is 46.6 Å². The lowest BCUT2D eigenvalue weighted by molar-refractivity contribution is -0.121. The number of carbonyl (C=O) groups is 2. The fourth-order valence-electron chi connectivity index (χ4n) is 8.55. The van der Waals surface area contributed by atoms with Crippen molar-refractivity contribution in [3.8, 4) is 23.8 Å². The third kappa shape index (κ3) is 15.0. The first-order valence-electron chi connectivity index (χ1n) is 24.3. The van der Waals surface area contributed by atoms with Crippen molar-refractivity contribution in [3.05, 3.63) is 154 Å². The van der Waals surface area contributed by atoms with Crippen LogP contribution in [0.2, 0.25) is 0 Å². The van der Waals surface area contributed by atoms with E-state index in [0.29, 0.717) is 43.1 Å². The number of rotatable bonds is 27. The van der Waals surface area contributed by atoms with Gasteiger partial charge in [-0.25, -0.2) is 9.46 Å². The molecule has 1 aliphatic heterocycles. The van der Waals surface area contributed by atoms with Crippen molar-refractivity contribution in [1.29, 1.82) is 0 Å². The number of hydrogen-bond donors (Lipinski definition) is 1. The SMILES string of the molecule is C#CCNC(=O)CCC(C)(C)SSc1ccccc1CCOP(OC1CC(n2ccc(CC(C)=O)nc2=O)OC1COC(c1ccccc1)(c1ccc(OC)cc1)c1ccc(OC)cc1)N(C(C)C)C(C)C. The number of ketones is 1. The van der Waals surface area contributed by atoms with Gasteiger partial charge in [0.2, 0.25) is 5.91 Å². The van der Waals surface area contributed by atoms with Crippen LogP contribution in [0.5, 0.6) is 11.5 Å². The van der Waals surface area contributed by atoms with Crippen LogP contribution < -0.4 is 20.5 Å². The standard InChI is InChI=1S/C56H69N4O9PS2/c1-11-33-57-52(62)29-32-55(7,8)72-71-51-20-16-15-17-42(51)31-35-67-70(60(39(2)3)40(4)5)69-49-37-53(59-34-30-46(36-41(6)61)58-54(59)63)68-50(49)38-66-56(43-18-13-12-14-19-43,44-21-25-47(64-9)26-22-44)45-23-27-48(65-10)28-24-45/h1,12-28,30,34,39-40,49-50,53H,29,31-33,35-38H2,2-10H3,(H,57,62). The molecule has 0 bridgehead atoms. The average molecular weight is 1040 g/mol. The number of nitrogens with zero attached hydrogens (tertiary/aromatic N) is 3. The Hall–Kier alpha value is -5.01. The molecular weight excluding hydrogens is 968 g/mol. The van der Waals surface area contributed by atoms with Gasteiger partial charge in [0, 0.05) is 47.2 Å². The van der Waals surface area contributed by atoms with Gasteiger partial charge in [0.1, 0.15) is 35.2 Å². The van der Waals surface area contributed by atoms with Crippen molar-refractivity contribution in [3.63, 3.8) is 0 Å². The lowest BCUT2D eigenvalue weighted by Gasteiger charge is -2.39. The van der Waals surface area contributed by atoms with Crippen LogP contribution in [0.3, 0.4) is 0 Å². The maximum atomic E-state index is 13.7. The summed E-state index contributed by atoms with van der Waals surface area (Å²) >= 11 is 0. The molecule has 384 valence electrons. The minimum Gasteiger partial charge on any atom is -0.497 e. The second-order valence-electron chi connectivity index (χ2n) is 18.7. The van der Waals surface area contributed by atoms with Crippen molar-refractivity contribution < 1.29 is 37.6 Å². The van der Waals surface area contributed by atoms with E-state index in [1.54, 1.807) is 48.1 Å². The number of terminal acetylenes is 1. The molecule has 1 aliphatic rings. The largest absolute Gasteiger partial charge is 0.497 e. The normalized spacial score (nSPS) is 16.5. The molecule has 13 nitrogen and oxygen atoms in total. The molecule has 1 fully saturated rings. The summed E-state index contributed by atoms with van der Waals surface area (Å²) < 4.78 is 43.2. The van der Waals surface area contributed by atoms with Gasteiger partial charge in [-0.2, -0.15) is 4.98 Å². The first kappa shape index (κ1) is 56.3. The van der Waals surface area contributed by atoms with E-state index in [1.807, 2.05) is 91.0 Å². The van der Waals surface area contributed by atoms with E-state index in [4.69, 9.17) is 34.4 Å². The van der Waals surface area contributed by atoms with Gasteiger partial charge in [0.25, 0.3) is 8.53 Å². The quantitative estimate of drug-likeness (QED) is 0.0231. The van der Waals surface area contributed by atoms with Crippen LogP contribution in [0.15, 0.2) is 125 Å². The highest BCUT2D eigenvalue weighted by Crippen LogP contribution is 2.51. The Balaban J connectivity index is 1.32. The summed E-state index contributed by atoms with van der Waals surface area (Å²) in [5, 5.41) is 2.76. The lowest BCUT2D eigenvalue weighted by Crippen LogP contribution is -2.39. The minimum atomic E-state index is -1.71. The Morgan fingerprint density at radius 3 is 2.10 bits per heavy atom. The molecule has 1 aromatic heterocycles. The fraction of sp³-hybridized carbons (Fsp3) is 0.429. The summed E-state index contributed by atoms with van der Waals surface area (Å²) in [7, 11) is 5.00. The van der Waals surface area contributed by atoms with Gasteiger partial charge in [0.15, 0.2) is 0 Å². The van der Waals surface area contributed by atoms with E-state index >= 15 is 0 Å². The smallest absolute Gasteiger partial charge is 0.349 e. The number of methoxy groups -OCH3 is 2. The molecule has 0 aliphatic carbocycles. The maximum Gasteiger partial charge on any atom is 0.349 e. The van der Waals surface area contributed by atoms with E-state index in [1.165, 1.54) is 11.5 Å². The monoisotopic (exact) mass is 1040 g/mol. The molecule has 2 heterocycles. The van der Waals surface area contributed by atoms with Gasteiger partial charge in [-0.15, -0.1) is 6.42 Å². The van der Waals surface area contributed by atoms with E-state index in [9.17, 15) is 14.4 Å². The number of benzene rings is 4. The predicted octanol–water partition coefficient (Wildman–Crippen LogP) is 10.7. The van der Waals surface area contributed by atoms with Crippen LogP contribution in [0, 0.1) is 12.3 Å². The Bertz CT molecular complexity index is 2570. The van der Waals surface area contributed by atoms with Crippen LogP contribution in [0.4, 0.5) is 0 Å². The number of amides is 1. The van der Waals surface area contributed by atoms with Crippen molar-refractivity contribution in [1.82, 2.24) is 19.5 Å². The fourth-order valence-corrected chi connectivity index (χ4v) is 12.9. The second-order valence-corrected chi connectivity index (χ2v) is 23.0. The van der Waals surface area contributed by atoms with Gasteiger partial charge in [-0.3, -0.25) is 14.2 Å². The molecule has 5 aromatic rings. The first-order valence-corrected chi connectivity index (χ1v) is 27.6. The number of hydrogen-bond acceptors (Lipinski definition) is 13. The molecule has 0 saturated carbocycles. The molecule has 1 N–H and O–H groups in total. The molecule has 72 heavy (non-hydrogen) atoms. The van der Waals surface area contributed by atoms with Crippen LogP contribution in [0.1, 0.15) is 102 Å². The van der Waals surface area contributed by atoms with Crippen molar-refractivity contribution >= 4 is 41.8 Å². The minimum absolute atomic E-state index is 0.0411. The van der Waals surface area contributed by atoms with E-state index in [-0.39, 0.29) is 54.5 Å². The zero-order valence-corrected chi connectivity index (χ0v) is 45.4. The van der Waals surface area contributed by atoms with Crippen LogP contribution >= 0.6 is 30.1 Å². The Labute approximate surface area is 434 Å².